The molecule has 0 aromatic heterocycles. The van der Waals surface area contributed by atoms with Gasteiger partial charge in [0.25, 0.3) is 0 Å². The summed E-state index contributed by atoms with van der Waals surface area (Å²) in [5, 5.41) is 6.18. The van der Waals surface area contributed by atoms with Gasteiger partial charge in [0.05, 0.1) is 6.54 Å². The van der Waals surface area contributed by atoms with Gasteiger partial charge in [-0.2, -0.15) is 0 Å². The van der Waals surface area contributed by atoms with Crippen molar-refractivity contribution < 1.29 is 4.79 Å². The van der Waals surface area contributed by atoms with Crippen molar-refractivity contribution >= 4 is 5.91 Å². The van der Waals surface area contributed by atoms with Gasteiger partial charge < -0.3 is 10.6 Å². The number of benzene rings is 1. The number of rotatable bonds is 7. The molecule has 0 spiro atoms. The number of carbonyl (C=O) groups is 1. The lowest BCUT2D eigenvalue weighted by Crippen LogP contribution is -2.35. The van der Waals surface area contributed by atoms with Crippen LogP contribution in [0.25, 0.3) is 0 Å². The molecule has 0 heterocycles. The predicted molar refractivity (Wildman–Crippen MR) is 73.5 cm³/mol. The molecule has 1 amide bonds. The number of amides is 1. The van der Waals surface area contributed by atoms with E-state index in [1.165, 1.54) is 5.56 Å². The predicted octanol–water partition coefficient (Wildman–Crippen LogP) is 2.05. The zero-order valence-electron chi connectivity index (χ0n) is 11.0. The van der Waals surface area contributed by atoms with Crippen molar-refractivity contribution in [1.82, 2.24) is 10.6 Å². The summed E-state index contributed by atoms with van der Waals surface area (Å²) < 4.78 is 0. The standard InChI is InChI=1S/C15H22N2O/c1-12(13-5-3-2-4-6-13)9-10-16-11-15(18)17-14-7-8-14/h2-6,12,14,16H,7-11H2,1H3,(H,17,18). The minimum atomic E-state index is 0.130. The minimum absolute atomic E-state index is 0.130. The third kappa shape index (κ3) is 4.49. The molecule has 1 fully saturated rings. The Morgan fingerprint density at radius 2 is 2.06 bits per heavy atom. The van der Waals surface area contributed by atoms with E-state index in [2.05, 4.69) is 41.8 Å². The first-order valence-corrected chi connectivity index (χ1v) is 6.80. The van der Waals surface area contributed by atoms with Crippen molar-refractivity contribution in [2.45, 2.75) is 38.1 Å². The molecule has 2 rings (SSSR count). The van der Waals surface area contributed by atoms with Crippen LogP contribution >= 0.6 is 0 Å². The van der Waals surface area contributed by atoms with Gasteiger partial charge in [-0.25, -0.2) is 0 Å². The van der Waals surface area contributed by atoms with Gasteiger partial charge in [-0.15, -0.1) is 0 Å². The maximum atomic E-state index is 11.4. The Labute approximate surface area is 109 Å². The Morgan fingerprint density at radius 1 is 1.33 bits per heavy atom. The first-order valence-electron chi connectivity index (χ1n) is 6.80. The van der Waals surface area contributed by atoms with Crippen molar-refractivity contribution in [1.29, 1.82) is 0 Å². The maximum absolute atomic E-state index is 11.4. The van der Waals surface area contributed by atoms with Gasteiger partial charge in [0, 0.05) is 6.04 Å². The van der Waals surface area contributed by atoms with Gasteiger partial charge in [-0.1, -0.05) is 37.3 Å². The monoisotopic (exact) mass is 246 g/mol. The van der Waals surface area contributed by atoms with E-state index in [1.807, 2.05) is 6.07 Å². The van der Waals surface area contributed by atoms with E-state index < -0.39 is 0 Å². The van der Waals surface area contributed by atoms with Gasteiger partial charge in [-0.05, 0) is 37.3 Å². The van der Waals surface area contributed by atoms with E-state index in [-0.39, 0.29) is 5.91 Å². The number of carbonyl (C=O) groups excluding carboxylic acids is 1. The van der Waals surface area contributed by atoms with Crippen LogP contribution < -0.4 is 10.6 Å². The molecule has 0 bridgehead atoms. The highest BCUT2D eigenvalue weighted by molar-refractivity contribution is 5.78. The molecular formula is C15H22N2O. The van der Waals surface area contributed by atoms with E-state index in [0.717, 1.165) is 25.8 Å². The molecule has 1 aromatic carbocycles. The molecule has 1 aliphatic rings. The minimum Gasteiger partial charge on any atom is -0.352 e. The molecule has 0 aliphatic heterocycles. The van der Waals surface area contributed by atoms with Gasteiger partial charge in [0.2, 0.25) is 5.91 Å². The van der Waals surface area contributed by atoms with E-state index in [9.17, 15) is 4.79 Å². The SMILES string of the molecule is CC(CCNCC(=O)NC1CC1)c1ccccc1. The fourth-order valence-corrected chi connectivity index (χ4v) is 1.98. The van der Waals surface area contributed by atoms with Crippen LogP contribution in [-0.2, 0) is 4.79 Å². The summed E-state index contributed by atoms with van der Waals surface area (Å²) in [4.78, 5) is 11.4. The molecule has 3 nitrogen and oxygen atoms in total. The smallest absolute Gasteiger partial charge is 0.234 e. The number of nitrogens with one attached hydrogen (secondary N) is 2. The molecule has 2 N–H and O–H groups in total. The molecular weight excluding hydrogens is 224 g/mol. The van der Waals surface area contributed by atoms with Crippen LogP contribution in [0.3, 0.4) is 0 Å². The topological polar surface area (TPSA) is 41.1 Å². The largest absolute Gasteiger partial charge is 0.352 e. The van der Waals surface area contributed by atoms with E-state index in [1.54, 1.807) is 0 Å². The Balaban J connectivity index is 1.58. The van der Waals surface area contributed by atoms with Crippen molar-refractivity contribution in [3.05, 3.63) is 35.9 Å². The van der Waals surface area contributed by atoms with Crippen LogP contribution in [0.15, 0.2) is 30.3 Å². The molecule has 1 atom stereocenters. The van der Waals surface area contributed by atoms with Crippen LogP contribution in [0.1, 0.15) is 37.7 Å². The van der Waals surface area contributed by atoms with E-state index >= 15 is 0 Å². The molecule has 0 radical (unpaired) electrons. The first kappa shape index (κ1) is 13.1. The average Bonchev–Trinajstić information content (AvgIpc) is 3.19. The Morgan fingerprint density at radius 3 is 2.72 bits per heavy atom. The van der Waals surface area contributed by atoms with Crippen LogP contribution in [0.4, 0.5) is 0 Å². The van der Waals surface area contributed by atoms with Gasteiger partial charge in [0.15, 0.2) is 0 Å². The van der Waals surface area contributed by atoms with Crippen LogP contribution in [0, 0.1) is 0 Å². The molecule has 1 saturated carbocycles. The molecule has 1 aromatic rings. The summed E-state index contributed by atoms with van der Waals surface area (Å²) in [6.07, 6.45) is 3.36. The quantitative estimate of drug-likeness (QED) is 0.723. The highest BCUT2D eigenvalue weighted by atomic mass is 16.2. The average molecular weight is 246 g/mol. The Bertz CT molecular complexity index is 373. The number of hydrogen-bond donors (Lipinski definition) is 2. The number of hydrogen-bond acceptors (Lipinski definition) is 2. The van der Waals surface area contributed by atoms with Gasteiger partial charge >= 0.3 is 0 Å². The highest BCUT2D eigenvalue weighted by Gasteiger charge is 2.22. The third-order valence-electron chi connectivity index (χ3n) is 3.35. The first-order chi connectivity index (χ1) is 8.75. The van der Waals surface area contributed by atoms with Crippen LogP contribution in [0.5, 0.6) is 0 Å². The Hall–Kier alpha value is -1.35. The van der Waals surface area contributed by atoms with Gasteiger partial charge in [0.1, 0.15) is 0 Å². The molecule has 3 heteroatoms. The zero-order chi connectivity index (χ0) is 12.8. The maximum Gasteiger partial charge on any atom is 0.234 e. The third-order valence-corrected chi connectivity index (χ3v) is 3.35. The fourth-order valence-electron chi connectivity index (χ4n) is 1.98. The lowest BCUT2D eigenvalue weighted by atomic mass is 9.98. The van der Waals surface area contributed by atoms with Crippen LogP contribution in [-0.4, -0.2) is 25.0 Å². The van der Waals surface area contributed by atoms with Crippen molar-refractivity contribution in [2.24, 2.45) is 0 Å². The summed E-state index contributed by atoms with van der Waals surface area (Å²) in [7, 11) is 0. The molecule has 98 valence electrons. The lowest BCUT2D eigenvalue weighted by molar-refractivity contribution is -0.120. The molecule has 0 saturated heterocycles. The van der Waals surface area contributed by atoms with E-state index in [0.29, 0.717) is 18.5 Å². The molecule has 1 aliphatic carbocycles. The van der Waals surface area contributed by atoms with Crippen molar-refractivity contribution in [2.75, 3.05) is 13.1 Å². The second-order valence-electron chi connectivity index (χ2n) is 5.12. The summed E-state index contributed by atoms with van der Waals surface area (Å²) in [6, 6.07) is 11.0. The Kier molecular flexibility index (Phi) is 4.76. The summed E-state index contributed by atoms with van der Waals surface area (Å²) in [5.41, 5.74) is 1.36. The van der Waals surface area contributed by atoms with Gasteiger partial charge in [-0.3, -0.25) is 4.79 Å². The fraction of sp³-hybridized carbons (Fsp3) is 0.533. The molecule has 18 heavy (non-hydrogen) atoms. The van der Waals surface area contributed by atoms with E-state index in [4.69, 9.17) is 0 Å². The second-order valence-corrected chi connectivity index (χ2v) is 5.12. The summed E-state index contributed by atoms with van der Waals surface area (Å²) in [6.45, 7) is 3.55. The van der Waals surface area contributed by atoms with Crippen molar-refractivity contribution in [3.63, 3.8) is 0 Å². The molecule has 1 unspecified atom stereocenters. The lowest BCUT2D eigenvalue weighted by Gasteiger charge is -2.12. The second kappa shape index (κ2) is 6.55. The summed E-state index contributed by atoms with van der Waals surface area (Å²) >= 11 is 0. The highest BCUT2D eigenvalue weighted by Crippen LogP contribution is 2.18. The summed E-state index contributed by atoms with van der Waals surface area (Å²) in [5.74, 6) is 0.662. The normalized spacial score (nSPS) is 16.3. The van der Waals surface area contributed by atoms with Crippen molar-refractivity contribution in [3.8, 4) is 0 Å². The zero-order valence-corrected chi connectivity index (χ0v) is 11.0. The van der Waals surface area contributed by atoms with Crippen LogP contribution in [0.2, 0.25) is 0 Å².